The molecule has 0 radical (unpaired) electrons. The maximum Gasteiger partial charge on any atom is 0.348 e. The second-order valence-corrected chi connectivity index (χ2v) is 3.87. The van der Waals surface area contributed by atoms with Gasteiger partial charge in [-0.2, -0.15) is 0 Å². The Hall–Kier alpha value is -1.44. The third-order valence-electron chi connectivity index (χ3n) is 1.81. The van der Waals surface area contributed by atoms with Crippen molar-refractivity contribution in [1.82, 2.24) is 10.9 Å². The molecule has 0 saturated carbocycles. The standard InChI is InChI=1S/C9H12N2O4S/c1-10-11-8(13)6-3-5(4-12)7(16-6)9(14)15-2/h3,10,12H,4H2,1-2H3,(H,11,13). The van der Waals surface area contributed by atoms with E-state index in [2.05, 4.69) is 15.6 Å². The molecule has 0 aliphatic heterocycles. The van der Waals surface area contributed by atoms with Gasteiger partial charge in [0.2, 0.25) is 0 Å². The first-order valence-electron chi connectivity index (χ1n) is 4.43. The minimum atomic E-state index is -0.558. The summed E-state index contributed by atoms with van der Waals surface area (Å²) in [6, 6.07) is 1.46. The monoisotopic (exact) mass is 244 g/mol. The number of methoxy groups -OCH3 is 1. The topological polar surface area (TPSA) is 87.7 Å². The average Bonchev–Trinajstić information content (AvgIpc) is 2.72. The number of amides is 1. The number of aliphatic hydroxyl groups is 1. The van der Waals surface area contributed by atoms with Crippen LogP contribution >= 0.6 is 11.3 Å². The van der Waals surface area contributed by atoms with Crippen LogP contribution in [0.25, 0.3) is 0 Å². The minimum Gasteiger partial charge on any atom is -0.465 e. The van der Waals surface area contributed by atoms with Gasteiger partial charge in [-0.25, -0.2) is 10.2 Å². The molecule has 3 N–H and O–H groups in total. The molecule has 0 atom stereocenters. The van der Waals surface area contributed by atoms with Gasteiger partial charge in [0.25, 0.3) is 5.91 Å². The fraction of sp³-hybridized carbons (Fsp3) is 0.333. The van der Waals surface area contributed by atoms with E-state index in [1.165, 1.54) is 13.2 Å². The van der Waals surface area contributed by atoms with Crippen LogP contribution < -0.4 is 10.9 Å². The van der Waals surface area contributed by atoms with Crippen LogP contribution in [0.5, 0.6) is 0 Å². The molecule has 0 aromatic carbocycles. The van der Waals surface area contributed by atoms with Crippen molar-refractivity contribution < 1.29 is 19.4 Å². The second-order valence-electron chi connectivity index (χ2n) is 2.82. The molecule has 1 aromatic rings. The van der Waals surface area contributed by atoms with Crippen LogP contribution in [0.15, 0.2) is 6.07 Å². The lowest BCUT2D eigenvalue weighted by atomic mass is 10.2. The summed E-state index contributed by atoms with van der Waals surface area (Å²) in [5, 5.41) is 9.04. The molecule has 1 amide bonds. The summed E-state index contributed by atoms with van der Waals surface area (Å²) in [6.07, 6.45) is 0. The van der Waals surface area contributed by atoms with Gasteiger partial charge < -0.3 is 9.84 Å². The SMILES string of the molecule is CNNC(=O)c1cc(CO)c(C(=O)OC)s1. The van der Waals surface area contributed by atoms with Crippen LogP contribution in [-0.2, 0) is 11.3 Å². The highest BCUT2D eigenvalue weighted by molar-refractivity contribution is 7.16. The Morgan fingerprint density at radius 2 is 2.25 bits per heavy atom. The third kappa shape index (κ3) is 2.57. The number of hydrazine groups is 1. The summed E-state index contributed by atoms with van der Waals surface area (Å²) in [4.78, 5) is 23.3. The van der Waals surface area contributed by atoms with E-state index in [9.17, 15) is 9.59 Å². The van der Waals surface area contributed by atoms with Gasteiger partial charge >= 0.3 is 5.97 Å². The van der Waals surface area contributed by atoms with Crippen LogP contribution in [0.1, 0.15) is 24.9 Å². The Morgan fingerprint density at radius 3 is 2.75 bits per heavy atom. The molecule has 0 unspecified atom stereocenters. The third-order valence-corrected chi connectivity index (χ3v) is 2.97. The van der Waals surface area contributed by atoms with E-state index in [-0.39, 0.29) is 17.4 Å². The largest absolute Gasteiger partial charge is 0.465 e. The smallest absolute Gasteiger partial charge is 0.348 e. The highest BCUT2D eigenvalue weighted by Gasteiger charge is 2.19. The van der Waals surface area contributed by atoms with Crippen LogP contribution in [0.2, 0.25) is 0 Å². The van der Waals surface area contributed by atoms with Gasteiger partial charge in [-0.1, -0.05) is 0 Å². The van der Waals surface area contributed by atoms with Crippen molar-refractivity contribution in [3.63, 3.8) is 0 Å². The lowest BCUT2D eigenvalue weighted by molar-refractivity contribution is 0.0603. The molecule has 0 bridgehead atoms. The predicted octanol–water partition coefficient (Wildman–Crippen LogP) is -0.109. The molecule has 88 valence electrons. The van der Waals surface area contributed by atoms with Crippen molar-refractivity contribution >= 4 is 23.2 Å². The lowest BCUT2D eigenvalue weighted by Gasteiger charge is -1.98. The zero-order valence-electron chi connectivity index (χ0n) is 8.86. The van der Waals surface area contributed by atoms with E-state index in [1.807, 2.05) is 0 Å². The summed E-state index contributed by atoms with van der Waals surface area (Å²) in [5.74, 6) is -0.921. The Kier molecular flexibility index (Phi) is 4.41. The lowest BCUT2D eigenvalue weighted by Crippen LogP contribution is -2.33. The summed E-state index contributed by atoms with van der Waals surface area (Å²) in [7, 11) is 2.80. The number of carbonyl (C=O) groups is 2. The first-order valence-corrected chi connectivity index (χ1v) is 5.24. The van der Waals surface area contributed by atoms with Crippen molar-refractivity contribution in [1.29, 1.82) is 0 Å². The van der Waals surface area contributed by atoms with Crippen molar-refractivity contribution in [2.24, 2.45) is 0 Å². The van der Waals surface area contributed by atoms with E-state index in [0.29, 0.717) is 10.4 Å². The van der Waals surface area contributed by atoms with E-state index < -0.39 is 5.97 Å². The molecular formula is C9H12N2O4S. The van der Waals surface area contributed by atoms with Gasteiger partial charge in [0, 0.05) is 12.6 Å². The molecule has 0 spiro atoms. The summed E-state index contributed by atoms with van der Waals surface area (Å²) >= 11 is 0.978. The van der Waals surface area contributed by atoms with E-state index >= 15 is 0 Å². The fourth-order valence-electron chi connectivity index (χ4n) is 1.10. The number of thiophene rings is 1. The number of carbonyl (C=O) groups excluding carboxylic acids is 2. The number of hydrogen-bond donors (Lipinski definition) is 3. The molecule has 1 aromatic heterocycles. The predicted molar refractivity (Wildman–Crippen MR) is 58.1 cm³/mol. The van der Waals surface area contributed by atoms with E-state index in [0.717, 1.165) is 11.3 Å². The van der Waals surface area contributed by atoms with Crippen molar-refractivity contribution in [2.45, 2.75) is 6.61 Å². The molecular weight excluding hydrogens is 232 g/mol. The molecule has 7 heteroatoms. The Labute approximate surface area is 96.2 Å². The molecule has 16 heavy (non-hydrogen) atoms. The Balaban J connectivity index is 3.02. The maximum atomic E-state index is 11.4. The molecule has 6 nitrogen and oxygen atoms in total. The molecule has 1 rings (SSSR count). The first-order chi connectivity index (χ1) is 7.63. The van der Waals surface area contributed by atoms with E-state index in [1.54, 1.807) is 7.05 Å². The van der Waals surface area contributed by atoms with Crippen LogP contribution in [-0.4, -0.2) is 31.1 Å². The molecule has 0 fully saturated rings. The number of rotatable bonds is 4. The molecule has 0 saturated heterocycles. The number of ether oxygens (including phenoxy) is 1. The van der Waals surface area contributed by atoms with Gasteiger partial charge in [0.05, 0.1) is 18.6 Å². The molecule has 0 aliphatic carbocycles. The normalized spacial score (nSPS) is 9.94. The average molecular weight is 244 g/mol. The van der Waals surface area contributed by atoms with Gasteiger partial charge in [-0.05, 0) is 6.07 Å². The van der Waals surface area contributed by atoms with Gasteiger partial charge in [0.15, 0.2) is 0 Å². The van der Waals surface area contributed by atoms with Crippen LogP contribution in [0.3, 0.4) is 0 Å². The summed E-state index contributed by atoms with van der Waals surface area (Å²) < 4.78 is 4.54. The molecule has 1 heterocycles. The number of hydrogen-bond acceptors (Lipinski definition) is 6. The molecule has 0 aliphatic rings. The van der Waals surface area contributed by atoms with Crippen molar-refractivity contribution in [2.75, 3.05) is 14.2 Å². The van der Waals surface area contributed by atoms with Gasteiger partial charge in [-0.3, -0.25) is 10.2 Å². The zero-order valence-corrected chi connectivity index (χ0v) is 9.68. The van der Waals surface area contributed by atoms with Crippen LogP contribution in [0, 0.1) is 0 Å². The Bertz CT molecular complexity index is 402. The highest BCUT2D eigenvalue weighted by atomic mass is 32.1. The van der Waals surface area contributed by atoms with Crippen molar-refractivity contribution in [3.8, 4) is 0 Å². The zero-order chi connectivity index (χ0) is 12.1. The highest BCUT2D eigenvalue weighted by Crippen LogP contribution is 2.23. The number of esters is 1. The van der Waals surface area contributed by atoms with Crippen molar-refractivity contribution in [3.05, 3.63) is 21.4 Å². The summed E-state index contributed by atoms with van der Waals surface area (Å²) in [6.45, 7) is -0.312. The van der Waals surface area contributed by atoms with Gasteiger partial charge in [-0.15, -0.1) is 11.3 Å². The first kappa shape index (κ1) is 12.6. The van der Waals surface area contributed by atoms with Crippen LogP contribution in [0.4, 0.5) is 0 Å². The van der Waals surface area contributed by atoms with Gasteiger partial charge in [0.1, 0.15) is 4.88 Å². The maximum absolute atomic E-state index is 11.4. The number of aliphatic hydroxyl groups excluding tert-OH is 1. The van der Waals surface area contributed by atoms with E-state index in [4.69, 9.17) is 5.11 Å². The number of nitrogens with one attached hydrogen (secondary N) is 2. The summed E-state index contributed by atoms with van der Waals surface area (Å²) in [5.41, 5.74) is 5.24. The minimum absolute atomic E-state index is 0.242. The second kappa shape index (κ2) is 5.59. The Morgan fingerprint density at radius 1 is 1.56 bits per heavy atom. The quantitative estimate of drug-likeness (QED) is 0.508. The fourth-order valence-corrected chi connectivity index (χ4v) is 2.08.